The van der Waals surface area contributed by atoms with E-state index in [0.717, 1.165) is 0 Å². The number of aromatic nitrogens is 1. The molecule has 3 amide bonds. The molecule has 152 valence electrons. The molecule has 3 aromatic rings. The summed E-state index contributed by atoms with van der Waals surface area (Å²) in [5.41, 5.74) is 0.804. The first kappa shape index (κ1) is 20.1. The van der Waals surface area contributed by atoms with Gasteiger partial charge in [0.2, 0.25) is 5.91 Å². The van der Waals surface area contributed by atoms with Crippen molar-refractivity contribution in [3.63, 3.8) is 0 Å². The summed E-state index contributed by atoms with van der Waals surface area (Å²) < 4.78 is 5.50. The Morgan fingerprint density at radius 3 is 2.43 bits per heavy atom. The van der Waals surface area contributed by atoms with E-state index in [4.69, 9.17) is 16.3 Å². The Morgan fingerprint density at radius 2 is 1.73 bits per heavy atom. The van der Waals surface area contributed by atoms with Gasteiger partial charge in [-0.1, -0.05) is 47.2 Å². The first-order chi connectivity index (χ1) is 14.5. The number of carbonyl (C=O) groups excluding carboxylic acids is 3. The van der Waals surface area contributed by atoms with Crippen LogP contribution in [-0.2, 0) is 11.3 Å². The van der Waals surface area contributed by atoms with E-state index >= 15 is 0 Å². The second-order valence-electron chi connectivity index (χ2n) is 6.45. The van der Waals surface area contributed by atoms with Gasteiger partial charge in [-0.3, -0.25) is 19.3 Å². The molecular formula is C21H16ClN3O4S. The second kappa shape index (κ2) is 8.64. The highest BCUT2D eigenvalue weighted by molar-refractivity contribution is 7.15. The molecule has 0 saturated carbocycles. The number of hydrogen-bond donors (Lipinski definition) is 1. The minimum absolute atomic E-state index is 0.107. The highest BCUT2D eigenvalue weighted by Gasteiger charge is 2.35. The van der Waals surface area contributed by atoms with E-state index in [0.29, 0.717) is 31.9 Å². The monoisotopic (exact) mass is 441 g/mol. The first-order valence-electron chi connectivity index (χ1n) is 9.10. The third-order valence-electron chi connectivity index (χ3n) is 4.42. The van der Waals surface area contributed by atoms with E-state index < -0.39 is 0 Å². The van der Waals surface area contributed by atoms with Crippen LogP contribution in [0.2, 0.25) is 5.02 Å². The van der Waals surface area contributed by atoms with E-state index in [-0.39, 0.29) is 37.3 Å². The Kier molecular flexibility index (Phi) is 5.78. The number of ether oxygens (including phenoxy) is 1. The first-order valence-corrected chi connectivity index (χ1v) is 10.3. The van der Waals surface area contributed by atoms with Crippen LogP contribution in [0.5, 0.6) is 5.75 Å². The molecule has 2 heterocycles. The lowest BCUT2D eigenvalue weighted by Crippen LogP contribution is -2.28. The Labute approximate surface area is 181 Å². The number of imide groups is 1. The maximum absolute atomic E-state index is 12.5. The van der Waals surface area contributed by atoms with Gasteiger partial charge < -0.3 is 10.1 Å². The van der Waals surface area contributed by atoms with Gasteiger partial charge in [-0.05, 0) is 24.3 Å². The van der Waals surface area contributed by atoms with E-state index in [2.05, 4.69) is 10.3 Å². The number of para-hydroxylation sites is 1. The third-order valence-corrected chi connectivity index (χ3v) is 5.63. The van der Waals surface area contributed by atoms with E-state index in [1.807, 2.05) is 0 Å². The van der Waals surface area contributed by atoms with Crippen LogP contribution >= 0.6 is 22.9 Å². The smallest absolute Gasteiger partial charge is 0.261 e. The minimum Gasteiger partial charge on any atom is -0.491 e. The van der Waals surface area contributed by atoms with Crippen molar-refractivity contribution >= 4 is 45.8 Å². The number of anilines is 1. The number of fused-ring (bicyclic) bond motifs is 1. The maximum Gasteiger partial charge on any atom is 0.261 e. The average Bonchev–Trinajstić information content (AvgIpc) is 3.28. The fourth-order valence-electron chi connectivity index (χ4n) is 2.97. The minimum atomic E-state index is -0.327. The van der Waals surface area contributed by atoms with Gasteiger partial charge in [0, 0.05) is 11.1 Å². The third kappa shape index (κ3) is 4.19. The molecule has 0 aliphatic carbocycles. The summed E-state index contributed by atoms with van der Waals surface area (Å²) in [6, 6.07) is 13.8. The molecule has 0 atom stereocenters. The number of nitrogens with zero attached hydrogens (tertiary/aromatic N) is 2. The summed E-state index contributed by atoms with van der Waals surface area (Å²) in [5.74, 6) is -0.397. The van der Waals surface area contributed by atoms with Gasteiger partial charge in [-0.25, -0.2) is 4.98 Å². The quantitative estimate of drug-likeness (QED) is 0.560. The number of amides is 3. The summed E-state index contributed by atoms with van der Waals surface area (Å²) in [7, 11) is 0. The molecule has 0 saturated heterocycles. The second-order valence-corrected chi connectivity index (χ2v) is 7.97. The summed E-state index contributed by atoms with van der Waals surface area (Å²) >= 11 is 7.22. The molecule has 1 aliphatic rings. The highest BCUT2D eigenvalue weighted by Crippen LogP contribution is 2.27. The molecule has 30 heavy (non-hydrogen) atoms. The molecule has 0 fully saturated rings. The van der Waals surface area contributed by atoms with Crippen LogP contribution in [0.15, 0.2) is 54.7 Å². The Hall–Kier alpha value is -3.23. The molecule has 0 radical (unpaired) electrons. The summed E-state index contributed by atoms with van der Waals surface area (Å²) in [5, 5.41) is 3.57. The number of nitrogens with one attached hydrogen (secondary N) is 1. The van der Waals surface area contributed by atoms with Crippen molar-refractivity contribution in [3.05, 3.63) is 75.8 Å². The number of carbonyl (C=O) groups is 3. The topological polar surface area (TPSA) is 88.6 Å². The molecular weight excluding hydrogens is 426 g/mol. The fourth-order valence-corrected chi connectivity index (χ4v) is 3.98. The van der Waals surface area contributed by atoms with Crippen LogP contribution in [0.25, 0.3) is 0 Å². The molecule has 1 N–H and O–H groups in total. The van der Waals surface area contributed by atoms with Crippen LogP contribution in [-0.4, -0.2) is 34.2 Å². The van der Waals surface area contributed by atoms with Crippen molar-refractivity contribution in [2.24, 2.45) is 0 Å². The molecule has 0 bridgehead atoms. The number of rotatable bonds is 7. The number of halogens is 1. The average molecular weight is 442 g/mol. The lowest BCUT2D eigenvalue weighted by molar-refractivity contribution is -0.116. The number of benzene rings is 2. The van der Waals surface area contributed by atoms with Crippen LogP contribution < -0.4 is 10.1 Å². The molecule has 2 aromatic carbocycles. The zero-order valence-electron chi connectivity index (χ0n) is 15.6. The van der Waals surface area contributed by atoms with Crippen molar-refractivity contribution in [2.45, 2.75) is 13.0 Å². The van der Waals surface area contributed by atoms with Crippen LogP contribution in [0.4, 0.5) is 5.13 Å². The van der Waals surface area contributed by atoms with Crippen LogP contribution in [0.3, 0.4) is 0 Å². The fraction of sp³-hybridized carbons (Fsp3) is 0.143. The van der Waals surface area contributed by atoms with Crippen LogP contribution in [0.1, 0.15) is 32.0 Å². The molecule has 7 nitrogen and oxygen atoms in total. The predicted molar refractivity (Wildman–Crippen MR) is 113 cm³/mol. The summed E-state index contributed by atoms with van der Waals surface area (Å²) in [4.78, 5) is 43.0. The van der Waals surface area contributed by atoms with E-state index in [1.165, 1.54) is 16.2 Å². The zero-order valence-corrected chi connectivity index (χ0v) is 17.2. The molecule has 9 heteroatoms. The Morgan fingerprint density at radius 1 is 1.07 bits per heavy atom. The van der Waals surface area contributed by atoms with Crippen molar-refractivity contribution < 1.29 is 19.1 Å². The highest BCUT2D eigenvalue weighted by atomic mass is 35.5. The lowest BCUT2D eigenvalue weighted by Gasteiger charge is -2.11. The number of thiazole rings is 1. The SMILES string of the molecule is O=C(CCOc1ccccc1Cl)Nc1ncc(CN2C(=O)c3ccccc3C2=O)s1. The van der Waals surface area contributed by atoms with Gasteiger partial charge in [-0.2, -0.15) is 0 Å². The largest absolute Gasteiger partial charge is 0.491 e. The van der Waals surface area contributed by atoms with E-state index in [1.54, 1.807) is 54.7 Å². The van der Waals surface area contributed by atoms with E-state index in [9.17, 15) is 14.4 Å². The lowest BCUT2D eigenvalue weighted by atomic mass is 10.1. The number of hydrogen-bond acceptors (Lipinski definition) is 6. The van der Waals surface area contributed by atoms with Crippen molar-refractivity contribution in [3.8, 4) is 5.75 Å². The Balaban J connectivity index is 1.30. The zero-order chi connectivity index (χ0) is 21.1. The van der Waals surface area contributed by atoms with Gasteiger partial charge in [-0.15, -0.1) is 0 Å². The van der Waals surface area contributed by atoms with Gasteiger partial charge in [0.1, 0.15) is 5.75 Å². The van der Waals surface area contributed by atoms with Crippen molar-refractivity contribution in [2.75, 3.05) is 11.9 Å². The van der Waals surface area contributed by atoms with Gasteiger partial charge in [0.15, 0.2) is 5.13 Å². The maximum atomic E-state index is 12.5. The molecule has 4 rings (SSSR count). The van der Waals surface area contributed by atoms with Crippen LogP contribution in [0, 0.1) is 0 Å². The predicted octanol–water partition coefficient (Wildman–Crippen LogP) is 4.00. The molecule has 1 aliphatic heterocycles. The summed E-state index contributed by atoms with van der Waals surface area (Å²) in [6.45, 7) is 0.276. The van der Waals surface area contributed by atoms with Crippen molar-refractivity contribution in [1.82, 2.24) is 9.88 Å². The Bertz CT molecular complexity index is 1100. The van der Waals surface area contributed by atoms with Gasteiger partial charge in [0.25, 0.3) is 11.8 Å². The molecule has 0 spiro atoms. The normalized spacial score (nSPS) is 12.8. The molecule has 0 unspecified atom stereocenters. The van der Waals surface area contributed by atoms with Gasteiger partial charge in [0.05, 0.1) is 35.7 Å². The van der Waals surface area contributed by atoms with Crippen molar-refractivity contribution in [1.29, 1.82) is 0 Å². The molecule has 1 aromatic heterocycles. The standard InChI is InChI=1S/C21H16ClN3O4S/c22-16-7-3-4-8-17(16)29-10-9-18(26)24-21-23-11-13(30-21)12-25-19(27)14-5-1-2-6-15(14)20(25)28/h1-8,11H,9-10,12H2,(H,23,24,26). The summed E-state index contributed by atoms with van der Waals surface area (Å²) in [6.07, 6.45) is 1.67. The van der Waals surface area contributed by atoms with Gasteiger partial charge >= 0.3 is 0 Å².